The van der Waals surface area contributed by atoms with Crippen molar-refractivity contribution in [3.8, 4) is 0 Å². The first-order valence-electron chi connectivity index (χ1n) is 7.31. The molecule has 0 radical (unpaired) electrons. The maximum atomic E-state index is 12.7. The summed E-state index contributed by atoms with van der Waals surface area (Å²) in [6.07, 6.45) is 1.28. The molecule has 2 aliphatic heterocycles. The molecule has 1 aromatic carbocycles. The van der Waals surface area contributed by atoms with Crippen LogP contribution in [-0.4, -0.2) is 40.0 Å². The standard InChI is InChI=1S/C16H17N3O4/c1-3-23-14(20)8-13-16(22)9-10(2)18-19(16)15(21)11-6-4-5-7-12(11)17-13/h4-8,17,22H,3,9H2,1-2H3/b13-8-. The Morgan fingerprint density at radius 1 is 1.52 bits per heavy atom. The molecular weight excluding hydrogens is 298 g/mol. The number of nitrogens with zero attached hydrogens (tertiary/aromatic N) is 2. The van der Waals surface area contributed by atoms with Crippen molar-refractivity contribution in [2.75, 3.05) is 11.9 Å². The predicted octanol–water partition coefficient (Wildman–Crippen LogP) is 1.47. The fourth-order valence-corrected chi connectivity index (χ4v) is 2.73. The van der Waals surface area contributed by atoms with E-state index in [-0.39, 0.29) is 18.7 Å². The lowest BCUT2D eigenvalue weighted by Gasteiger charge is -2.30. The summed E-state index contributed by atoms with van der Waals surface area (Å²) >= 11 is 0. The van der Waals surface area contributed by atoms with Crippen molar-refractivity contribution in [2.45, 2.75) is 26.0 Å². The average molecular weight is 315 g/mol. The number of ether oxygens (including phenoxy) is 1. The van der Waals surface area contributed by atoms with E-state index in [0.717, 1.165) is 5.01 Å². The third-order valence-corrected chi connectivity index (χ3v) is 3.72. The lowest BCUT2D eigenvalue weighted by Crippen LogP contribution is -2.47. The maximum absolute atomic E-state index is 12.7. The van der Waals surface area contributed by atoms with E-state index < -0.39 is 17.6 Å². The highest BCUT2D eigenvalue weighted by atomic mass is 16.5. The van der Waals surface area contributed by atoms with Gasteiger partial charge in [0.15, 0.2) is 0 Å². The molecule has 0 fully saturated rings. The van der Waals surface area contributed by atoms with Crippen LogP contribution in [0.1, 0.15) is 30.6 Å². The van der Waals surface area contributed by atoms with Gasteiger partial charge in [-0.15, -0.1) is 0 Å². The van der Waals surface area contributed by atoms with E-state index in [1.165, 1.54) is 6.08 Å². The quantitative estimate of drug-likeness (QED) is 0.637. The number of fused-ring (bicyclic) bond motifs is 2. The van der Waals surface area contributed by atoms with Crippen molar-refractivity contribution in [3.63, 3.8) is 0 Å². The fraction of sp³-hybridized carbons (Fsp3) is 0.312. The molecule has 2 aliphatic rings. The molecule has 0 bridgehead atoms. The monoisotopic (exact) mass is 315 g/mol. The second-order valence-electron chi connectivity index (χ2n) is 5.43. The summed E-state index contributed by atoms with van der Waals surface area (Å²) in [5.41, 5.74) is -0.0977. The average Bonchev–Trinajstić information content (AvgIpc) is 2.79. The number of aliphatic hydroxyl groups is 1. The highest BCUT2D eigenvalue weighted by Gasteiger charge is 2.49. The van der Waals surface area contributed by atoms with Gasteiger partial charge >= 0.3 is 5.97 Å². The van der Waals surface area contributed by atoms with Crippen LogP contribution in [0, 0.1) is 0 Å². The van der Waals surface area contributed by atoms with Crippen molar-refractivity contribution < 1.29 is 19.4 Å². The van der Waals surface area contributed by atoms with Gasteiger partial charge in [0.2, 0.25) is 5.72 Å². The summed E-state index contributed by atoms with van der Waals surface area (Å²) in [4.78, 5) is 24.5. The second-order valence-corrected chi connectivity index (χ2v) is 5.43. The molecule has 0 spiro atoms. The number of hydrogen-bond donors (Lipinski definition) is 2. The number of anilines is 1. The fourth-order valence-electron chi connectivity index (χ4n) is 2.73. The van der Waals surface area contributed by atoms with Crippen LogP contribution in [-0.2, 0) is 9.53 Å². The van der Waals surface area contributed by atoms with Gasteiger partial charge < -0.3 is 15.2 Å². The van der Waals surface area contributed by atoms with Gasteiger partial charge in [0.1, 0.15) is 0 Å². The summed E-state index contributed by atoms with van der Waals surface area (Å²) in [7, 11) is 0. The summed E-state index contributed by atoms with van der Waals surface area (Å²) in [5, 5.41) is 19.2. The number of amides is 1. The van der Waals surface area contributed by atoms with Crippen LogP contribution in [0.4, 0.5) is 5.69 Å². The van der Waals surface area contributed by atoms with Crippen molar-refractivity contribution >= 4 is 23.3 Å². The Labute approximate surface area is 133 Å². The molecule has 3 rings (SSSR count). The second kappa shape index (κ2) is 5.51. The van der Waals surface area contributed by atoms with Crippen LogP contribution in [0.25, 0.3) is 0 Å². The van der Waals surface area contributed by atoms with Crippen LogP contribution >= 0.6 is 0 Å². The number of hydrazone groups is 1. The van der Waals surface area contributed by atoms with Crippen LogP contribution in [0.15, 0.2) is 41.1 Å². The van der Waals surface area contributed by atoms with Gasteiger partial charge in [-0.05, 0) is 26.0 Å². The van der Waals surface area contributed by atoms with Gasteiger partial charge in [-0.3, -0.25) is 4.79 Å². The lowest BCUT2D eigenvalue weighted by atomic mass is 10.0. The Balaban J connectivity index is 2.13. The van der Waals surface area contributed by atoms with Gasteiger partial charge in [-0.1, -0.05) is 12.1 Å². The van der Waals surface area contributed by atoms with E-state index in [1.54, 1.807) is 38.1 Å². The molecule has 7 nitrogen and oxygen atoms in total. The largest absolute Gasteiger partial charge is 0.463 e. The van der Waals surface area contributed by atoms with E-state index >= 15 is 0 Å². The van der Waals surface area contributed by atoms with Gasteiger partial charge in [-0.25, -0.2) is 4.79 Å². The van der Waals surface area contributed by atoms with E-state index in [0.29, 0.717) is 17.0 Å². The first-order chi connectivity index (χ1) is 11.0. The highest BCUT2D eigenvalue weighted by molar-refractivity contribution is 6.04. The Kier molecular flexibility index (Phi) is 3.65. The van der Waals surface area contributed by atoms with Crippen LogP contribution in [0.5, 0.6) is 0 Å². The summed E-state index contributed by atoms with van der Waals surface area (Å²) in [6.45, 7) is 3.63. The Morgan fingerprint density at radius 2 is 2.26 bits per heavy atom. The lowest BCUT2D eigenvalue weighted by molar-refractivity contribution is -0.137. The number of benzene rings is 1. The van der Waals surface area contributed by atoms with Gasteiger partial charge in [0, 0.05) is 18.2 Å². The molecule has 1 aromatic rings. The molecule has 2 N–H and O–H groups in total. The minimum absolute atomic E-state index is 0.116. The van der Waals surface area contributed by atoms with E-state index in [4.69, 9.17) is 4.74 Å². The first-order valence-corrected chi connectivity index (χ1v) is 7.31. The van der Waals surface area contributed by atoms with E-state index in [2.05, 4.69) is 10.4 Å². The van der Waals surface area contributed by atoms with Crippen molar-refractivity contribution in [1.82, 2.24) is 5.01 Å². The van der Waals surface area contributed by atoms with Crippen LogP contribution in [0.3, 0.4) is 0 Å². The molecule has 0 aromatic heterocycles. The Hall–Kier alpha value is -2.67. The summed E-state index contributed by atoms with van der Waals surface area (Å²) in [6, 6.07) is 6.83. The number of para-hydroxylation sites is 1. The SMILES string of the molecule is CCOC(=O)/C=C1\Nc2ccccc2C(=O)N2N=C(C)CC12O. The zero-order valence-electron chi connectivity index (χ0n) is 12.9. The molecule has 0 aliphatic carbocycles. The zero-order valence-corrected chi connectivity index (χ0v) is 12.9. The first kappa shape index (κ1) is 15.2. The molecule has 7 heteroatoms. The molecule has 23 heavy (non-hydrogen) atoms. The number of carbonyl (C=O) groups excluding carboxylic acids is 2. The van der Waals surface area contributed by atoms with Crippen molar-refractivity contribution in [2.24, 2.45) is 5.10 Å². The third-order valence-electron chi connectivity index (χ3n) is 3.72. The van der Waals surface area contributed by atoms with E-state index in [9.17, 15) is 14.7 Å². The minimum atomic E-state index is -1.73. The Bertz CT molecular complexity index is 741. The number of esters is 1. The maximum Gasteiger partial charge on any atom is 0.332 e. The number of rotatable bonds is 2. The highest BCUT2D eigenvalue weighted by Crippen LogP contribution is 2.38. The van der Waals surface area contributed by atoms with Crippen molar-refractivity contribution in [3.05, 3.63) is 41.6 Å². The Morgan fingerprint density at radius 3 is 3.00 bits per heavy atom. The normalized spacial score (nSPS) is 24.5. The topological polar surface area (TPSA) is 91.2 Å². The molecule has 0 saturated heterocycles. The smallest absolute Gasteiger partial charge is 0.332 e. The van der Waals surface area contributed by atoms with Gasteiger partial charge in [0.05, 0.1) is 23.6 Å². The molecule has 1 unspecified atom stereocenters. The number of carbonyl (C=O) groups is 2. The van der Waals surface area contributed by atoms with Gasteiger partial charge in [0.25, 0.3) is 5.91 Å². The minimum Gasteiger partial charge on any atom is -0.463 e. The van der Waals surface area contributed by atoms with Crippen LogP contribution in [0.2, 0.25) is 0 Å². The summed E-state index contributed by atoms with van der Waals surface area (Å²) < 4.78 is 4.91. The van der Waals surface area contributed by atoms with E-state index in [1.807, 2.05) is 0 Å². The van der Waals surface area contributed by atoms with Crippen LogP contribution < -0.4 is 5.32 Å². The summed E-state index contributed by atoms with van der Waals surface area (Å²) in [5.74, 6) is -1.03. The molecular formula is C16H17N3O4. The molecule has 1 atom stereocenters. The molecule has 0 saturated carbocycles. The number of nitrogens with one attached hydrogen (secondary N) is 1. The molecule has 120 valence electrons. The third kappa shape index (κ3) is 2.49. The number of hydrogen-bond acceptors (Lipinski definition) is 6. The molecule has 2 heterocycles. The van der Waals surface area contributed by atoms with Gasteiger partial charge in [-0.2, -0.15) is 10.1 Å². The van der Waals surface area contributed by atoms with Crippen molar-refractivity contribution in [1.29, 1.82) is 0 Å². The predicted molar refractivity (Wildman–Crippen MR) is 83.6 cm³/mol. The molecule has 1 amide bonds. The zero-order chi connectivity index (χ0) is 16.6.